The Kier molecular flexibility index (Phi) is 2.64. The molecule has 3 fully saturated rings. The molecule has 1 N–H and O–H groups in total. The molecule has 0 aromatic carbocycles. The van der Waals surface area contributed by atoms with E-state index in [9.17, 15) is 31.2 Å². The molecule has 20 heavy (non-hydrogen) atoms. The van der Waals surface area contributed by atoms with E-state index in [0.717, 1.165) is 4.72 Å². The van der Waals surface area contributed by atoms with E-state index in [-0.39, 0.29) is 17.9 Å². The fourth-order valence-electron chi connectivity index (χ4n) is 3.62. The maximum Gasteiger partial charge on any atom is 0.516 e. The molecule has 0 aromatic rings. The summed E-state index contributed by atoms with van der Waals surface area (Å²) in [5.74, 6) is -4.24. The average Bonchev–Trinajstić information content (AvgIpc) is 2.86. The van der Waals surface area contributed by atoms with Gasteiger partial charge in [-0.2, -0.15) is 21.6 Å². The van der Waals surface area contributed by atoms with Gasteiger partial charge in [0.05, 0.1) is 11.8 Å². The molecule has 1 amide bonds. The van der Waals surface area contributed by atoms with Gasteiger partial charge in [0.1, 0.15) is 6.10 Å². The summed E-state index contributed by atoms with van der Waals surface area (Å²) in [5, 5.41) is 0. The van der Waals surface area contributed by atoms with Crippen LogP contribution in [0.1, 0.15) is 12.8 Å². The first-order valence-electron chi connectivity index (χ1n) is 5.95. The molecular formula is C10H10F3NO5S. The van der Waals surface area contributed by atoms with Crippen molar-refractivity contribution >= 4 is 21.9 Å². The minimum absolute atomic E-state index is 0.183. The molecule has 6 nitrogen and oxygen atoms in total. The summed E-state index contributed by atoms with van der Waals surface area (Å²) >= 11 is 0. The number of alkyl halides is 3. The first-order chi connectivity index (χ1) is 9.12. The molecule has 2 saturated carbocycles. The molecule has 10 heteroatoms. The predicted molar refractivity (Wildman–Crippen MR) is 56.2 cm³/mol. The molecule has 0 aromatic heterocycles. The summed E-state index contributed by atoms with van der Waals surface area (Å²) in [6.07, 6.45) is 0.628. The number of hydrogen-bond acceptors (Lipinski definition) is 5. The number of ether oxygens (including phenoxy) is 1. The largest absolute Gasteiger partial charge is 0.516 e. The molecule has 2 aliphatic carbocycles. The van der Waals surface area contributed by atoms with Crippen molar-refractivity contribution in [3.05, 3.63) is 0 Å². The lowest BCUT2D eigenvalue weighted by Gasteiger charge is -2.23. The highest BCUT2D eigenvalue weighted by Gasteiger charge is 2.64. The SMILES string of the molecule is O=C(NS(=O)(=O)C(F)(F)F)C1C2CC3OC(=O)C1C3C2. The van der Waals surface area contributed by atoms with Gasteiger partial charge in [0.15, 0.2) is 0 Å². The number of carbonyl (C=O) groups is 2. The summed E-state index contributed by atoms with van der Waals surface area (Å²) < 4.78 is 64.6. The zero-order valence-corrected chi connectivity index (χ0v) is 10.7. The summed E-state index contributed by atoms with van der Waals surface area (Å²) in [6, 6.07) is 0. The minimum atomic E-state index is -5.74. The molecule has 1 aliphatic heterocycles. The number of halogens is 3. The van der Waals surface area contributed by atoms with E-state index in [1.807, 2.05) is 0 Å². The number of fused-ring (bicyclic) bond motifs is 1. The van der Waals surface area contributed by atoms with Crippen LogP contribution in [0.3, 0.4) is 0 Å². The topological polar surface area (TPSA) is 89.5 Å². The van der Waals surface area contributed by atoms with Crippen molar-refractivity contribution in [1.29, 1.82) is 0 Å². The molecule has 3 rings (SSSR count). The van der Waals surface area contributed by atoms with Crippen molar-refractivity contribution in [3.8, 4) is 0 Å². The smallest absolute Gasteiger partial charge is 0.462 e. The Morgan fingerprint density at radius 2 is 1.95 bits per heavy atom. The first-order valence-corrected chi connectivity index (χ1v) is 7.43. The van der Waals surface area contributed by atoms with Gasteiger partial charge in [-0.15, -0.1) is 0 Å². The van der Waals surface area contributed by atoms with Crippen LogP contribution < -0.4 is 4.72 Å². The molecule has 0 spiro atoms. The van der Waals surface area contributed by atoms with Crippen molar-refractivity contribution in [2.75, 3.05) is 0 Å². The maximum atomic E-state index is 12.2. The third-order valence-corrected chi connectivity index (χ3v) is 5.40. The molecule has 5 unspecified atom stereocenters. The normalized spacial score (nSPS) is 39.0. The van der Waals surface area contributed by atoms with E-state index in [0.29, 0.717) is 12.8 Å². The molecular weight excluding hydrogens is 303 g/mol. The van der Waals surface area contributed by atoms with Gasteiger partial charge in [-0.25, -0.2) is 4.72 Å². The van der Waals surface area contributed by atoms with Gasteiger partial charge in [0.2, 0.25) is 5.91 Å². The van der Waals surface area contributed by atoms with Crippen LogP contribution in [0.4, 0.5) is 13.2 Å². The van der Waals surface area contributed by atoms with E-state index >= 15 is 0 Å². The minimum Gasteiger partial charge on any atom is -0.462 e. The van der Waals surface area contributed by atoms with E-state index in [4.69, 9.17) is 4.74 Å². The summed E-state index contributed by atoms with van der Waals surface area (Å²) in [6.45, 7) is 0. The monoisotopic (exact) mass is 313 g/mol. The fourth-order valence-corrected chi connectivity index (χ4v) is 4.14. The first kappa shape index (κ1) is 13.7. The van der Waals surface area contributed by atoms with Crippen molar-refractivity contribution in [2.45, 2.75) is 24.5 Å². The van der Waals surface area contributed by atoms with Crippen LogP contribution in [-0.2, 0) is 24.3 Å². The number of sulfonamides is 1. The van der Waals surface area contributed by atoms with Gasteiger partial charge in [0.25, 0.3) is 0 Å². The van der Waals surface area contributed by atoms with E-state index in [2.05, 4.69) is 0 Å². The van der Waals surface area contributed by atoms with Crippen molar-refractivity contribution < 1.29 is 35.9 Å². The summed E-state index contributed by atoms with van der Waals surface area (Å²) in [5.41, 5.74) is -5.56. The molecule has 3 aliphatic rings. The second-order valence-electron chi connectivity index (χ2n) is 5.34. The quantitative estimate of drug-likeness (QED) is 0.733. The van der Waals surface area contributed by atoms with E-state index < -0.39 is 39.2 Å². The van der Waals surface area contributed by atoms with Gasteiger partial charge in [-0.05, 0) is 18.8 Å². The predicted octanol–water partition coefficient (Wildman–Crippen LogP) is 0.150. The Bertz CT molecular complexity index is 584. The Balaban J connectivity index is 1.81. The van der Waals surface area contributed by atoms with E-state index in [1.54, 1.807) is 0 Å². The van der Waals surface area contributed by atoms with Crippen LogP contribution >= 0.6 is 0 Å². The van der Waals surface area contributed by atoms with Crippen LogP contribution in [0.2, 0.25) is 0 Å². The van der Waals surface area contributed by atoms with Crippen LogP contribution in [0.5, 0.6) is 0 Å². The summed E-state index contributed by atoms with van der Waals surface area (Å²) in [7, 11) is -5.74. The second kappa shape index (κ2) is 3.86. The summed E-state index contributed by atoms with van der Waals surface area (Å²) in [4.78, 5) is 23.4. The van der Waals surface area contributed by atoms with Crippen LogP contribution in [0.15, 0.2) is 0 Å². The Morgan fingerprint density at radius 3 is 2.55 bits per heavy atom. The fraction of sp³-hybridized carbons (Fsp3) is 0.800. The molecule has 112 valence electrons. The second-order valence-corrected chi connectivity index (χ2v) is 7.01. The Labute approximate surface area is 111 Å². The van der Waals surface area contributed by atoms with Crippen molar-refractivity contribution in [1.82, 2.24) is 4.72 Å². The van der Waals surface area contributed by atoms with Gasteiger partial charge in [-0.1, -0.05) is 0 Å². The van der Waals surface area contributed by atoms with Crippen LogP contribution in [0, 0.1) is 23.7 Å². The number of carbonyl (C=O) groups excluding carboxylic acids is 2. The lowest BCUT2D eigenvalue weighted by atomic mass is 9.80. The van der Waals surface area contributed by atoms with Gasteiger partial charge >= 0.3 is 21.5 Å². The Hall–Kier alpha value is -1.32. The zero-order chi connectivity index (χ0) is 14.9. The number of rotatable bonds is 2. The van der Waals surface area contributed by atoms with Gasteiger partial charge < -0.3 is 4.74 Å². The lowest BCUT2D eigenvalue weighted by Crippen LogP contribution is -2.46. The molecule has 1 saturated heterocycles. The van der Waals surface area contributed by atoms with Crippen molar-refractivity contribution in [3.63, 3.8) is 0 Å². The maximum absolute atomic E-state index is 12.2. The number of amides is 1. The number of nitrogens with one attached hydrogen (secondary N) is 1. The molecule has 0 radical (unpaired) electrons. The van der Waals surface area contributed by atoms with Crippen LogP contribution in [-0.4, -0.2) is 31.9 Å². The standard InChI is InChI=1S/C10H10F3NO5S/c11-10(12,13)20(17,18)14-8(15)6-3-1-4-5(2-3)19-9(16)7(4)6/h3-7H,1-2H2,(H,14,15). The zero-order valence-electron chi connectivity index (χ0n) is 9.88. The molecule has 2 bridgehead atoms. The average molecular weight is 313 g/mol. The van der Waals surface area contributed by atoms with Gasteiger partial charge in [-0.3, -0.25) is 9.59 Å². The van der Waals surface area contributed by atoms with E-state index in [1.165, 1.54) is 0 Å². The molecule has 5 atom stereocenters. The highest BCUT2D eigenvalue weighted by atomic mass is 32.2. The lowest BCUT2D eigenvalue weighted by molar-refractivity contribution is -0.145. The number of hydrogen-bond donors (Lipinski definition) is 1. The van der Waals surface area contributed by atoms with Crippen LogP contribution in [0.25, 0.3) is 0 Å². The molecule has 1 heterocycles. The number of esters is 1. The van der Waals surface area contributed by atoms with Crippen molar-refractivity contribution in [2.24, 2.45) is 23.7 Å². The highest BCUT2D eigenvalue weighted by Crippen LogP contribution is 2.57. The third kappa shape index (κ3) is 1.73. The highest BCUT2D eigenvalue weighted by molar-refractivity contribution is 7.90. The van der Waals surface area contributed by atoms with Gasteiger partial charge in [0, 0.05) is 5.92 Å². The third-order valence-electron chi connectivity index (χ3n) is 4.33. The Morgan fingerprint density at radius 1 is 1.30 bits per heavy atom.